The molecule has 7 heteroatoms. The summed E-state index contributed by atoms with van der Waals surface area (Å²) in [6.07, 6.45) is 3.82. The molecule has 1 amide bonds. The van der Waals surface area contributed by atoms with Gasteiger partial charge in [0.1, 0.15) is 5.82 Å². The third-order valence-corrected chi connectivity index (χ3v) is 5.87. The minimum Gasteiger partial charge on any atom is -0.350 e. The first-order valence-corrected chi connectivity index (χ1v) is 10.3. The molecule has 0 spiro atoms. The van der Waals surface area contributed by atoms with Crippen molar-refractivity contribution in [2.45, 2.75) is 18.9 Å². The molecule has 1 atom stereocenters. The smallest absolute Gasteiger partial charge is 0.252 e. The van der Waals surface area contributed by atoms with E-state index in [0.717, 1.165) is 24.5 Å². The topological polar surface area (TPSA) is 62.3 Å². The van der Waals surface area contributed by atoms with Gasteiger partial charge in [0.2, 0.25) is 0 Å². The summed E-state index contributed by atoms with van der Waals surface area (Å²) in [5.74, 6) is -1.00. The molecule has 0 aliphatic carbocycles. The van der Waals surface area contributed by atoms with E-state index in [9.17, 15) is 14.0 Å². The van der Waals surface area contributed by atoms with Crippen molar-refractivity contribution in [3.63, 3.8) is 0 Å². The Balaban J connectivity index is 1.48. The first-order valence-electron chi connectivity index (χ1n) is 9.47. The van der Waals surface area contributed by atoms with Crippen LogP contribution in [0.5, 0.6) is 0 Å². The maximum absolute atomic E-state index is 13.2. The summed E-state index contributed by atoms with van der Waals surface area (Å²) in [5, 5.41) is 5.88. The average molecular weight is 409 g/mol. The van der Waals surface area contributed by atoms with Crippen LogP contribution in [0.25, 0.3) is 0 Å². The van der Waals surface area contributed by atoms with Crippen LogP contribution in [0.15, 0.2) is 60.1 Å². The first-order chi connectivity index (χ1) is 14.1. The van der Waals surface area contributed by atoms with E-state index < -0.39 is 5.82 Å². The van der Waals surface area contributed by atoms with Crippen molar-refractivity contribution in [3.8, 4) is 0 Å². The molecule has 2 heterocycles. The Bertz CT molecular complexity index is 1010. The molecule has 1 aliphatic heterocycles. The summed E-state index contributed by atoms with van der Waals surface area (Å²) in [7, 11) is 0. The number of aromatic nitrogens is 1. The van der Waals surface area contributed by atoms with Crippen LogP contribution in [0, 0.1) is 5.82 Å². The Morgan fingerprint density at radius 1 is 1.14 bits per heavy atom. The number of nitrogens with one attached hydrogen (secondary N) is 1. The predicted octanol–water partition coefficient (Wildman–Crippen LogP) is 3.91. The number of hydrogen-bond acceptors (Lipinski definition) is 5. The molecule has 5 nitrogen and oxygen atoms in total. The Morgan fingerprint density at radius 2 is 1.90 bits per heavy atom. The van der Waals surface area contributed by atoms with Crippen LogP contribution in [0.3, 0.4) is 0 Å². The number of carbonyl (C=O) groups excluding carboxylic acids is 2. The van der Waals surface area contributed by atoms with Gasteiger partial charge >= 0.3 is 0 Å². The van der Waals surface area contributed by atoms with Gasteiger partial charge in [0.15, 0.2) is 10.9 Å². The van der Waals surface area contributed by atoms with Gasteiger partial charge in [-0.2, -0.15) is 0 Å². The molecule has 1 aliphatic rings. The number of carbonyl (C=O) groups is 2. The number of benzene rings is 2. The summed E-state index contributed by atoms with van der Waals surface area (Å²) in [4.78, 5) is 32.3. The van der Waals surface area contributed by atoms with Crippen molar-refractivity contribution in [1.29, 1.82) is 0 Å². The van der Waals surface area contributed by atoms with Gasteiger partial charge in [0.05, 0.1) is 5.56 Å². The normalized spacial score (nSPS) is 16.0. The number of hydrogen-bond donors (Lipinski definition) is 1. The summed E-state index contributed by atoms with van der Waals surface area (Å²) in [5.41, 5.74) is 0.970. The van der Waals surface area contributed by atoms with E-state index in [2.05, 4.69) is 15.2 Å². The van der Waals surface area contributed by atoms with Crippen LogP contribution in [0.4, 0.5) is 9.52 Å². The van der Waals surface area contributed by atoms with Gasteiger partial charge in [-0.1, -0.05) is 18.2 Å². The molecule has 1 N–H and O–H groups in total. The molecule has 148 valence electrons. The van der Waals surface area contributed by atoms with Gasteiger partial charge in [-0.25, -0.2) is 9.37 Å². The number of rotatable bonds is 6. The van der Waals surface area contributed by atoms with Gasteiger partial charge in [-0.15, -0.1) is 11.3 Å². The minimum atomic E-state index is -0.408. The SMILES string of the molecule is O=C(NCC1CCCN1c1nccs1)c1ccccc1C(=O)c1ccc(F)cc1. The summed E-state index contributed by atoms with van der Waals surface area (Å²) >= 11 is 1.59. The molecule has 1 saturated heterocycles. The molecule has 0 bridgehead atoms. The highest BCUT2D eigenvalue weighted by molar-refractivity contribution is 7.13. The lowest BCUT2D eigenvalue weighted by atomic mass is 9.98. The van der Waals surface area contributed by atoms with E-state index in [1.54, 1.807) is 41.8 Å². The fourth-order valence-corrected chi connectivity index (χ4v) is 4.34. The molecule has 29 heavy (non-hydrogen) atoms. The molecule has 1 fully saturated rings. The zero-order valence-corrected chi connectivity index (χ0v) is 16.5. The minimum absolute atomic E-state index is 0.185. The van der Waals surface area contributed by atoms with Crippen molar-refractivity contribution in [2.75, 3.05) is 18.0 Å². The third kappa shape index (κ3) is 4.19. The van der Waals surface area contributed by atoms with Gasteiger partial charge in [-0.3, -0.25) is 9.59 Å². The van der Waals surface area contributed by atoms with E-state index in [1.165, 1.54) is 24.3 Å². The number of thiazole rings is 1. The van der Waals surface area contributed by atoms with E-state index in [1.807, 2.05) is 5.38 Å². The van der Waals surface area contributed by atoms with Crippen molar-refractivity contribution in [2.24, 2.45) is 0 Å². The van der Waals surface area contributed by atoms with Crippen LogP contribution >= 0.6 is 11.3 Å². The second-order valence-corrected chi connectivity index (χ2v) is 7.77. The number of amides is 1. The second kappa shape index (κ2) is 8.53. The highest BCUT2D eigenvalue weighted by Gasteiger charge is 2.27. The fourth-order valence-electron chi connectivity index (χ4n) is 3.60. The Kier molecular flexibility index (Phi) is 5.67. The van der Waals surface area contributed by atoms with E-state index in [-0.39, 0.29) is 17.7 Å². The molecule has 3 aromatic rings. The van der Waals surface area contributed by atoms with E-state index in [0.29, 0.717) is 23.2 Å². The lowest BCUT2D eigenvalue weighted by Crippen LogP contribution is -2.40. The zero-order chi connectivity index (χ0) is 20.2. The van der Waals surface area contributed by atoms with Crippen LogP contribution < -0.4 is 10.2 Å². The number of ketones is 1. The Morgan fingerprint density at radius 3 is 2.62 bits per heavy atom. The van der Waals surface area contributed by atoms with Crippen LogP contribution in [-0.4, -0.2) is 35.8 Å². The first kappa shape index (κ1) is 19.3. The zero-order valence-electron chi connectivity index (χ0n) is 15.7. The van der Waals surface area contributed by atoms with Gasteiger partial charge in [0.25, 0.3) is 5.91 Å². The summed E-state index contributed by atoms with van der Waals surface area (Å²) in [6.45, 7) is 1.41. The maximum Gasteiger partial charge on any atom is 0.252 e. The number of nitrogens with zero attached hydrogens (tertiary/aromatic N) is 2. The van der Waals surface area contributed by atoms with Crippen LogP contribution in [-0.2, 0) is 0 Å². The maximum atomic E-state index is 13.2. The van der Waals surface area contributed by atoms with Crippen molar-refractivity contribution < 1.29 is 14.0 Å². The molecule has 0 saturated carbocycles. The lowest BCUT2D eigenvalue weighted by molar-refractivity contribution is 0.0940. The van der Waals surface area contributed by atoms with Crippen LogP contribution in [0.1, 0.15) is 39.1 Å². The Labute approximate surface area is 172 Å². The Hall–Kier alpha value is -3.06. The molecular formula is C22H20FN3O2S. The third-order valence-electron chi connectivity index (χ3n) is 5.06. The largest absolute Gasteiger partial charge is 0.350 e. The standard InChI is InChI=1S/C22H20FN3O2S/c23-16-9-7-15(8-10-16)20(27)18-5-1-2-6-19(18)21(28)25-14-17-4-3-12-26(17)22-24-11-13-29-22/h1-2,5-11,13,17H,3-4,12,14H2,(H,25,28). The van der Waals surface area contributed by atoms with E-state index in [4.69, 9.17) is 0 Å². The number of anilines is 1. The molecule has 1 unspecified atom stereocenters. The van der Waals surface area contributed by atoms with Gasteiger partial charge < -0.3 is 10.2 Å². The lowest BCUT2D eigenvalue weighted by Gasteiger charge is -2.24. The number of halogens is 1. The second-order valence-electron chi connectivity index (χ2n) is 6.90. The van der Waals surface area contributed by atoms with E-state index >= 15 is 0 Å². The molecule has 0 radical (unpaired) electrons. The monoisotopic (exact) mass is 409 g/mol. The molecule has 1 aromatic heterocycles. The highest BCUT2D eigenvalue weighted by atomic mass is 32.1. The van der Waals surface area contributed by atoms with Crippen molar-refractivity contribution in [3.05, 3.63) is 82.6 Å². The van der Waals surface area contributed by atoms with Crippen molar-refractivity contribution >= 4 is 28.2 Å². The van der Waals surface area contributed by atoms with Gasteiger partial charge in [-0.05, 0) is 43.2 Å². The molecular weight excluding hydrogens is 389 g/mol. The predicted molar refractivity (Wildman–Crippen MR) is 111 cm³/mol. The average Bonchev–Trinajstić information content (AvgIpc) is 3.43. The highest BCUT2D eigenvalue weighted by Crippen LogP contribution is 2.27. The van der Waals surface area contributed by atoms with Crippen molar-refractivity contribution in [1.82, 2.24) is 10.3 Å². The summed E-state index contributed by atoms with van der Waals surface area (Å²) in [6, 6.07) is 12.2. The molecule has 2 aromatic carbocycles. The summed E-state index contributed by atoms with van der Waals surface area (Å²) < 4.78 is 13.2. The molecule has 4 rings (SSSR count). The quantitative estimate of drug-likeness (QED) is 0.627. The van der Waals surface area contributed by atoms with Gasteiger partial charge in [0, 0.05) is 41.8 Å². The van der Waals surface area contributed by atoms with Crippen LogP contribution in [0.2, 0.25) is 0 Å². The fraction of sp³-hybridized carbons (Fsp3) is 0.227.